The van der Waals surface area contributed by atoms with Crippen molar-refractivity contribution < 1.29 is 17.9 Å². The monoisotopic (exact) mass is 424 g/mol. The quantitative estimate of drug-likeness (QED) is 0.707. The standard InChI is InChI=1S/C20H25ClN2O4S/c1-12(2)23-28(25,26)15-7-8-18(21)17(11-15)20(24)22-14(4)16-10-13(3)6-9-19(16)27-5/h6-12,14,23H,1-5H3,(H,22,24)/t14-/m1/s1. The van der Waals surface area contributed by atoms with Crippen LogP contribution in [0.15, 0.2) is 41.3 Å². The third-order valence-electron chi connectivity index (χ3n) is 4.08. The normalized spacial score (nSPS) is 12.7. The maximum Gasteiger partial charge on any atom is 0.253 e. The Bertz CT molecular complexity index is 974. The van der Waals surface area contributed by atoms with Crippen molar-refractivity contribution in [3.05, 3.63) is 58.1 Å². The minimum absolute atomic E-state index is 0.0171. The van der Waals surface area contributed by atoms with E-state index in [1.165, 1.54) is 18.2 Å². The van der Waals surface area contributed by atoms with Gasteiger partial charge in [0.2, 0.25) is 10.0 Å². The van der Waals surface area contributed by atoms with Gasteiger partial charge >= 0.3 is 0 Å². The van der Waals surface area contributed by atoms with Crippen LogP contribution in [0.25, 0.3) is 0 Å². The number of methoxy groups -OCH3 is 1. The van der Waals surface area contributed by atoms with Crippen LogP contribution in [-0.2, 0) is 10.0 Å². The molecule has 2 aromatic rings. The molecule has 6 nitrogen and oxygen atoms in total. The molecule has 28 heavy (non-hydrogen) atoms. The number of nitrogens with one attached hydrogen (secondary N) is 2. The van der Waals surface area contributed by atoms with Crippen LogP contribution < -0.4 is 14.8 Å². The van der Waals surface area contributed by atoms with Crippen molar-refractivity contribution >= 4 is 27.5 Å². The van der Waals surface area contributed by atoms with E-state index in [0.29, 0.717) is 5.75 Å². The van der Waals surface area contributed by atoms with Crippen LogP contribution >= 0.6 is 11.6 Å². The minimum atomic E-state index is -3.74. The lowest BCUT2D eigenvalue weighted by atomic mass is 10.0. The number of rotatable bonds is 7. The van der Waals surface area contributed by atoms with E-state index in [1.807, 2.05) is 32.0 Å². The van der Waals surface area contributed by atoms with E-state index in [2.05, 4.69) is 10.0 Å². The molecule has 1 amide bonds. The summed E-state index contributed by atoms with van der Waals surface area (Å²) in [5.74, 6) is 0.185. The van der Waals surface area contributed by atoms with Gasteiger partial charge in [-0.25, -0.2) is 13.1 Å². The summed E-state index contributed by atoms with van der Waals surface area (Å²) in [6.45, 7) is 7.21. The van der Waals surface area contributed by atoms with Crippen molar-refractivity contribution in [3.63, 3.8) is 0 Å². The fraction of sp³-hybridized carbons (Fsp3) is 0.350. The van der Waals surface area contributed by atoms with Crippen LogP contribution in [0.3, 0.4) is 0 Å². The van der Waals surface area contributed by atoms with Crippen LogP contribution in [0.1, 0.15) is 48.3 Å². The number of halogens is 1. The molecular formula is C20H25ClN2O4S. The van der Waals surface area contributed by atoms with E-state index in [4.69, 9.17) is 16.3 Å². The maximum absolute atomic E-state index is 12.8. The molecule has 8 heteroatoms. The second-order valence-electron chi connectivity index (χ2n) is 6.86. The Hall–Kier alpha value is -2.09. The first-order chi connectivity index (χ1) is 13.0. The molecule has 1 atom stereocenters. The summed E-state index contributed by atoms with van der Waals surface area (Å²) in [6.07, 6.45) is 0. The van der Waals surface area contributed by atoms with Gasteiger partial charge in [-0.15, -0.1) is 0 Å². The molecule has 0 unspecified atom stereocenters. The summed E-state index contributed by atoms with van der Waals surface area (Å²) < 4.78 is 32.6. The average molecular weight is 425 g/mol. The fourth-order valence-electron chi connectivity index (χ4n) is 2.77. The molecule has 2 aromatic carbocycles. The van der Waals surface area contributed by atoms with Crippen LogP contribution in [-0.4, -0.2) is 27.5 Å². The molecule has 0 aliphatic rings. The van der Waals surface area contributed by atoms with E-state index in [1.54, 1.807) is 21.0 Å². The summed E-state index contributed by atoms with van der Waals surface area (Å²) in [4.78, 5) is 12.8. The minimum Gasteiger partial charge on any atom is -0.496 e. The van der Waals surface area contributed by atoms with Crippen LogP contribution in [0, 0.1) is 6.92 Å². The van der Waals surface area contributed by atoms with Crippen molar-refractivity contribution in [1.29, 1.82) is 0 Å². The van der Waals surface area contributed by atoms with Crippen LogP contribution in [0.2, 0.25) is 5.02 Å². The maximum atomic E-state index is 12.8. The molecule has 152 valence electrons. The number of carbonyl (C=O) groups excluding carboxylic acids is 1. The zero-order valence-electron chi connectivity index (χ0n) is 16.5. The fourth-order valence-corrected chi connectivity index (χ4v) is 4.25. The van der Waals surface area contributed by atoms with Crippen LogP contribution in [0.5, 0.6) is 5.75 Å². The zero-order valence-corrected chi connectivity index (χ0v) is 18.1. The molecular weight excluding hydrogens is 400 g/mol. The molecule has 0 fully saturated rings. The van der Waals surface area contributed by atoms with Crippen molar-refractivity contribution in [2.75, 3.05) is 7.11 Å². The second kappa shape index (κ2) is 8.94. The molecule has 0 spiro atoms. The second-order valence-corrected chi connectivity index (χ2v) is 8.98. The average Bonchev–Trinajstić information content (AvgIpc) is 2.60. The van der Waals surface area contributed by atoms with Gasteiger partial charge in [0.05, 0.1) is 28.6 Å². The Labute approximate surface area is 171 Å². The molecule has 0 saturated heterocycles. The van der Waals surface area contributed by atoms with Gasteiger partial charge in [-0.05, 0) is 52.0 Å². The number of carbonyl (C=O) groups is 1. The van der Waals surface area contributed by atoms with Gasteiger partial charge in [0.15, 0.2) is 0 Å². The zero-order chi connectivity index (χ0) is 21.1. The van der Waals surface area contributed by atoms with E-state index in [-0.39, 0.29) is 27.6 Å². The Morgan fingerprint density at radius 1 is 1.11 bits per heavy atom. The lowest BCUT2D eigenvalue weighted by molar-refractivity contribution is 0.0939. The van der Waals surface area contributed by atoms with Crippen molar-refractivity contribution in [2.45, 2.75) is 44.7 Å². The van der Waals surface area contributed by atoms with E-state index >= 15 is 0 Å². The molecule has 0 bridgehead atoms. The summed E-state index contributed by atoms with van der Waals surface area (Å²) >= 11 is 6.16. The van der Waals surface area contributed by atoms with E-state index in [0.717, 1.165) is 11.1 Å². The Morgan fingerprint density at radius 2 is 1.79 bits per heavy atom. The van der Waals surface area contributed by atoms with Gasteiger partial charge in [-0.2, -0.15) is 0 Å². The summed E-state index contributed by atoms with van der Waals surface area (Å²) in [5.41, 5.74) is 1.94. The molecule has 0 heterocycles. The van der Waals surface area contributed by atoms with Gasteiger partial charge in [-0.1, -0.05) is 29.3 Å². The molecule has 0 radical (unpaired) electrons. The number of amides is 1. The first kappa shape index (κ1) is 22.2. The number of sulfonamides is 1. The lowest BCUT2D eigenvalue weighted by Crippen LogP contribution is -2.31. The van der Waals surface area contributed by atoms with Gasteiger partial charge in [0, 0.05) is 11.6 Å². The molecule has 0 saturated carbocycles. The molecule has 0 aliphatic carbocycles. The third kappa shape index (κ3) is 5.25. The van der Waals surface area contributed by atoms with Gasteiger partial charge in [0.1, 0.15) is 5.75 Å². The third-order valence-corrected chi connectivity index (χ3v) is 6.07. The number of aryl methyl sites for hydroxylation is 1. The lowest BCUT2D eigenvalue weighted by Gasteiger charge is -2.19. The molecule has 2 N–H and O–H groups in total. The molecule has 0 aliphatic heterocycles. The highest BCUT2D eigenvalue weighted by Gasteiger charge is 2.21. The topological polar surface area (TPSA) is 84.5 Å². The van der Waals surface area contributed by atoms with Crippen molar-refractivity contribution in [3.8, 4) is 5.75 Å². The summed E-state index contributed by atoms with van der Waals surface area (Å²) in [6, 6.07) is 9.11. The highest BCUT2D eigenvalue weighted by Crippen LogP contribution is 2.27. The van der Waals surface area contributed by atoms with Gasteiger partial charge in [0.25, 0.3) is 5.91 Å². The highest BCUT2D eigenvalue weighted by atomic mass is 35.5. The predicted molar refractivity (Wildman–Crippen MR) is 111 cm³/mol. The Balaban J connectivity index is 2.32. The summed E-state index contributed by atoms with van der Waals surface area (Å²) in [7, 11) is -2.17. The van der Waals surface area contributed by atoms with Crippen molar-refractivity contribution in [1.82, 2.24) is 10.0 Å². The number of ether oxygens (including phenoxy) is 1. The molecule has 0 aromatic heterocycles. The largest absolute Gasteiger partial charge is 0.496 e. The predicted octanol–water partition coefficient (Wildman–Crippen LogP) is 3.83. The Morgan fingerprint density at radius 3 is 2.39 bits per heavy atom. The number of hydrogen-bond donors (Lipinski definition) is 2. The van der Waals surface area contributed by atoms with Crippen molar-refractivity contribution in [2.24, 2.45) is 0 Å². The highest BCUT2D eigenvalue weighted by molar-refractivity contribution is 7.89. The Kier molecular flexibility index (Phi) is 7.09. The smallest absolute Gasteiger partial charge is 0.253 e. The molecule has 2 rings (SSSR count). The van der Waals surface area contributed by atoms with E-state index in [9.17, 15) is 13.2 Å². The first-order valence-corrected chi connectivity index (χ1v) is 10.7. The first-order valence-electron chi connectivity index (χ1n) is 8.82. The summed E-state index contributed by atoms with van der Waals surface area (Å²) in [5, 5.41) is 3.03. The van der Waals surface area contributed by atoms with Gasteiger partial charge in [-0.3, -0.25) is 4.79 Å². The van der Waals surface area contributed by atoms with E-state index < -0.39 is 15.9 Å². The number of hydrogen-bond acceptors (Lipinski definition) is 4. The van der Waals surface area contributed by atoms with Crippen LogP contribution in [0.4, 0.5) is 0 Å². The number of benzene rings is 2. The van der Waals surface area contributed by atoms with Gasteiger partial charge < -0.3 is 10.1 Å². The SMILES string of the molecule is COc1ccc(C)cc1[C@@H](C)NC(=O)c1cc(S(=O)(=O)NC(C)C)ccc1Cl.